The van der Waals surface area contributed by atoms with Gasteiger partial charge in [0.2, 0.25) is 0 Å². The summed E-state index contributed by atoms with van der Waals surface area (Å²) in [6.07, 6.45) is 0.479. The first-order chi connectivity index (χ1) is 8.56. The van der Waals surface area contributed by atoms with Crippen LogP contribution in [0, 0.1) is 6.92 Å². The first-order valence-electron chi connectivity index (χ1n) is 5.59. The van der Waals surface area contributed by atoms with Crippen molar-refractivity contribution in [2.24, 2.45) is 0 Å². The van der Waals surface area contributed by atoms with Crippen LogP contribution in [-0.4, -0.2) is 21.0 Å². The van der Waals surface area contributed by atoms with E-state index >= 15 is 0 Å². The van der Waals surface area contributed by atoms with Gasteiger partial charge in [0.15, 0.2) is 0 Å². The van der Waals surface area contributed by atoms with Gasteiger partial charge in [-0.1, -0.05) is 29.8 Å². The van der Waals surface area contributed by atoms with Crippen LogP contribution >= 0.6 is 15.9 Å². The van der Waals surface area contributed by atoms with Crippen LogP contribution < -0.4 is 0 Å². The number of benzene rings is 1. The van der Waals surface area contributed by atoms with Crippen LogP contribution in [0.25, 0.3) is 11.3 Å². The summed E-state index contributed by atoms with van der Waals surface area (Å²) in [4.78, 5) is 18.0. The van der Waals surface area contributed by atoms with E-state index in [-0.39, 0.29) is 6.42 Å². The molecule has 0 aliphatic heterocycles. The third-order valence-corrected chi connectivity index (χ3v) is 3.18. The Morgan fingerprint density at radius 1 is 1.39 bits per heavy atom. The normalized spacial score (nSPS) is 10.6. The van der Waals surface area contributed by atoms with Crippen LogP contribution in [-0.2, 0) is 11.2 Å². The zero-order chi connectivity index (χ0) is 13.1. The highest BCUT2D eigenvalue weighted by Gasteiger charge is 2.10. The minimum Gasteiger partial charge on any atom is -0.481 e. The van der Waals surface area contributed by atoms with E-state index in [1.54, 1.807) is 0 Å². The number of imidazole rings is 1. The van der Waals surface area contributed by atoms with Crippen molar-refractivity contribution in [3.8, 4) is 11.3 Å². The predicted octanol–water partition coefficient (Wildman–Crippen LogP) is 3.16. The molecule has 4 nitrogen and oxygen atoms in total. The maximum Gasteiger partial charge on any atom is 0.303 e. The molecule has 0 radical (unpaired) electrons. The van der Waals surface area contributed by atoms with Gasteiger partial charge in [0.05, 0.1) is 6.42 Å². The first-order valence-corrected chi connectivity index (χ1v) is 6.39. The Bertz CT molecular complexity index is 561. The molecule has 5 heteroatoms. The fraction of sp³-hybridized carbons (Fsp3) is 0.231. The largest absolute Gasteiger partial charge is 0.481 e. The fourth-order valence-corrected chi connectivity index (χ4v) is 2.19. The van der Waals surface area contributed by atoms with Crippen molar-refractivity contribution in [1.29, 1.82) is 0 Å². The molecule has 0 amide bonds. The molecule has 2 N–H and O–H groups in total. The Morgan fingerprint density at radius 3 is 2.67 bits per heavy atom. The summed E-state index contributed by atoms with van der Waals surface area (Å²) in [7, 11) is 0. The minimum absolute atomic E-state index is 0.0767. The number of aliphatic carboxylic acids is 1. The molecule has 0 spiro atoms. The zero-order valence-electron chi connectivity index (χ0n) is 9.90. The standard InChI is InChI=1S/C13H13BrN2O2/c1-8-2-4-9(5-3-8)12-13(14)16-10(15-12)6-7-11(17)18/h2-5H,6-7H2,1H3,(H,15,16)(H,17,18). The summed E-state index contributed by atoms with van der Waals surface area (Å²) in [5.74, 6) is -0.140. The third kappa shape index (κ3) is 2.98. The second-order valence-electron chi connectivity index (χ2n) is 4.11. The van der Waals surface area contributed by atoms with E-state index in [2.05, 4.69) is 25.9 Å². The fourth-order valence-electron chi connectivity index (χ4n) is 1.64. The lowest BCUT2D eigenvalue weighted by atomic mass is 10.1. The number of nitrogens with zero attached hydrogens (tertiary/aromatic N) is 1. The summed E-state index contributed by atoms with van der Waals surface area (Å²) < 4.78 is 0.784. The second-order valence-corrected chi connectivity index (χ2v) is 4.90. The van der Waals surface area contributed by atoms with E-state index in [1.807, 2.05) is 31.2 Å². The maximum atomic E-state index is 10.5. The second kappa shape index (κ2) is 5.35. The summed E-state index contributed by atoms with van der Waals surface area (Å²) >= 11 is 3.41. The van der Waals surface area contributed by atoms with E-state index in [0.29, 0.717) is 12.2 Å². The van der Waals surface area contributed by atoms with Gasteiger partial charge in [0.25, 0.3) is 0 Å². The van der Waals surface area contributed by atoms with Crippen LogP contribution in [0.5, 0.6) is 0 Å². The number of rotatable bonds is 4. The molecule has 94 valence electrons. The number of carboxylic acid groups (broad SMARTS) is 1. The number of aromatic nitrogens is 2. The van der Waals surface area contributed by atoms with E-state index in [0.717, 1.165) is 15.9 Å². The topological polar surface area (TPSA) is 66.0 Å². The van der Waals surface area contributed by atoms with Crippen LogP contribution in [0.2, 0.25) is 0 Å². The first kappa shape index (κ1) is 12.8. The van der Waals surface area contributed by atoms with Gasteiger partial charge in [-0.15, -0.1) is 0 Å². The Balaban J connectivity index is 2.23. The maximum absolute atomic E-state index is 10.5. The van der Waals surface area contributed by atoms with Gasteiger partial charge in [-0.05, 0) is 22.9 Å². The molecule has 0 fully saturated rings. The molecule has 1 aromatic heterocycles. The molecule has 18 heavy (non-hydrogen) atoms. The molecule has 0 aliphatic rings. The highest BCUT2D eigenvalue weighted by Crippen LogP contribution is 2.26. The van der Waals surface area contributed by atoms with Crippen LogP contribution in [0.1, 0.15) is 17.8 Å². The van der Waals surface area contributed by atoms with Crippen molar-refractivity contribution in [3.05, 3.63) is 40.3 Å². The molecule has 0 unspecified atom stereocenters. The van der Waals surface area contributed by atoms with Gasteiger partial charge in [-0.2, -0.15) is 0 Å². The van der Waals surface area contributed by atoms with Gasteiger partial charge < -0.3 is 10.1 Å². The van der Waals surface area contributed by atoms with E-state index in [9.17, 15) is 4.79 Å². The number of carbonyl (C=O) groups is 1. The minimum atomic E-state index is -0.820. The lowest BCUT2D eigenvalue weighted by Gasteiger charge is -1.98. The number of hydrogen-bond donors (Lipinski definition) is 2. The number of halogens is 1. The van der Waals surface area contributed by atoms with Gasteiger partial charge >= 0.3 is 5.97 Å². The van der Waals surface area contributed by atoms with Crippen molar-refractivity contribution in [2.45, 2.75) is 19.8 Å². The Hall–Kier alpha value is -1.62. The predicted molar refractivity (Wildman–Crippen MR) is 72.4 cm³/mol. The van der Waals surface area contributed by atoms with Gasteiger partial charge in [-0.25, -0.2) is 4.98 Å². The Kier molecular flexibility index (Phi) is 3.81. The van der Waals surface area contributed by atoms with Crippen molar-refractivity contribution >= 4 is 21.9 Å². The molecule has 0 aliphatic carbocycles. The number of aromatic amines is 1. The van der Waals surface area contributed by atoms with Gasteiger partial charge in [0, 0.05) is 12.0 Å². The molecular formula is C13H13BrN2O2. The summed E-state index contributed by atoms with van der Waals surface area (Å²) in [5.41, 5.74) is 3.01. The number of nitrogens with one attached hydrogen (secondary N) is 1. The third-order valence-electron chi connectivity index (χ3n) is 2.61. The quantitative estimate of drug-likeness (QED) is 0.911. The summed E-state index contributed by atoms with van der Waals surface area (Å²) in [6.45, 7) is 2.03. The molecule has 1 aromatic carbocycles. The summed E-state index contributed by atoms with van der Waals surface area (Å²) in [6, 6.07) is 8.04. The highest BCUT2D eigenvalue weighted by atomic mass is 79.9. The molecule has 0 bridgehead atoms. The van der Waals surface area contributed by atoms with Crippen LogP contribution in [0.3, 0.4) is 0 Å². The van der Waals surface area contributed by atoms with Gasteiger partial charge in [0.1, 0.15) is 16.1 Å². The average Bonchev–Trinajstić information content (AvgIpc) is 2.69. The lowest BCUT2D eigenvalue weighted by Crippen LogP contribution is -1.98. The number of carboxylic acids is 1. The molecular weight excluding hydrogens is 296 g/mol. The van der Waals surface area contributed by atoms with E-state index < -0.39 is 5.97 Å². The van der Waals surface area contributed by atoms with Gasteiger partial charge in [-0.3, -0.25) is 4.79 Å². The van der Waals surface area contributed by atoms with E-state index in [1.165, 1.54) is 5.56 Å². The molecule has 0 saturated heterocycles. The number of hydrogen-bond acceptors (Lipinski definition) is 2. The van der Waals surface area contributed by atoms with E-state index in [4.69, 9.17) is 5.11 Å². The van der Waals surface area contributed by atoms with Crippen LogP contribution in [0.4, 0.5) is 0 Å². The molecule has 0 atom stereocenters. The zero-order valence-corrected chi connectivity index (χ0v) is 11.5. The SMILES string of the molecule is Cc1ccc(-c2nc(CCC(=O)O)[nH]c2Br)cc1. The number of H-pyrrole nitrogens is 1. The Labute approximate surface area is 113 Å². The molecule has 2 aromatic rings. The summed E-state index contributed by atoms with van der Waals surface area (Å²) in [5, 5.41) is 8.65. The van der Waals surface area contributed by atoms with Crippen LogP contribution in [0.15, 0.2) is 28.9 Å². The lowest BCUT2D eigenvalue weighted by molar-refractivity contribution is -0.137. The van der Waals surface area contributed by atoms with Crippen molar-refractivity contribution in [1.82, 2.24) is 9.97 Å². The number of aryl methyl sites for hydroxylation is 2. The van der Waals surface area contributed by atoms with Crippen molar-refractivity contribution in [3.63, 3.8) is 0 Å². The average molecular weight is 309 g/mol. The highest BCUT2D eigenvalue weighted by molar-refractivity contribution is 9.10. The monoisotopic (exact) mass is 308 g/mol. The molecule has 0 saturated carbocycles. The molecule has 1 heterocycles. The smallest absolute Gasteiger partial charge is 0.303 e. The van der Waals surface area contributed by atoms with Crippen molar-refractivity contribution < 1.29 is 9.90 Å². The Morgan fingerprint density at radius 2 is 2.06 bits per heavy atom. The van der Waals surface area contributed by atoms with Crippen molar-refractivity contribution in [2.75, 3.05) is 0 Å². The molecule has 2 rings (SSSR count).